The number of aromatic hydroxyl groups is 1. The number of piperidine rings is 1. The highest BCUT2D eigenvalue weighted by atomic mass is 32.2. The molecule has 3 aromatic carbocycles. The van der Waals surface area contributed by atoms with Crippen molar-refractivity contribution in [3.8, 4) is 11.5 Å². The number of nitrogens with one attached hydrogen (secondary N) is 3. The number of phenolic OH excluding ortho intramolecular Hbond substituents is 1. The number of hydrogen-bond acceptors (Lipinski definition) is 10. The number of imide groups is 1. The summed E-state index contributed by atoms with van der Waals surface area (Å²) in [7, 11) is -3.89. The van der Waals surface area contributed by atoms with Crippen LogP contribution in [-0.2, 0) is 21.2 Å². The molecule has 13 heteroatoms. The molecular formula is C30H34N4O7S2. The lowest BCUT2D eigenvalue weighted by atomic mass is 10.0. The Morgan fingerprint density at radius 3 is 2.42 bits per heavy atom. The van der Waals surface area contributed by atoms with Gasteiger partial charge in [-0.15, -0.1) is 0 Å². The van der Waals surface area contributed by atoms with Gasteiger partial charge in [-0.3, -0.25) is 19.6 Å². The molecule has 5 N–H and O–H groups in total. The Morgan fingerprint density at radius 2 is 1.74 bits per heavy atom. The minimum absolute atomic E-state index is 0.0109. The first kappa shape index (κ1) is 30.7. The van der Waals surface area contributed by atoms with Gasteiger partial charge in [0.2, 0.25) is 5.91 Å². The minimum Gasteiger partial charge on any atom is -0.506 e. The highest BCUT2D eigenvalue weighted by Gasteiger charge is 2.31. The second-order valence-electron chi connectivity index (χ2n) is 10.5. The largest absolute Gasteiger partial charge is 0.506 e. The number of carbonyl (C=O) groups is 2. The number of carbonyl (C=O) groups excluding carboxylic acids is 2. The van der Waals surface area contributed by atoms with E-state index in [9.17, 15) is 28.2 Å². The van der Waals surface area contributed by atoms with Gasteiger partial charge in [-0.2, -0.15) is 0 Å². The maximum absolute atomic E-state index is 12.6. The van der Waals surface area contributed by atoms with E-state index in [1.54, 1.807) is 18.2 Å². The highest BCUT2D eigenvalue weighted by Crippen LogP contribution is 2.30. The standard InChI is InChI=1S/C30H34N4O7S2/c35-23(19-41-24-10-11-27(36)26(17-24)33-43(39,40)25-4-2-1-3-5-25)18-31-21-12-14-34(15-13-21)22-8-6-20(7-9-22)16-28-29(37)32-30(38)42-28/h1-11,17,21,23,28,31,33,35-36H,12-16,18-19H2,(H,32,37,38)/t23-,28?/m0/s1. The Morgan fingerprint density at radius 1 is 1.02 bits per heavy atom. The third-order valence-corrected chi connectivity index (χ3v) is 9.70. The summed E-state index contributed by atoms with van der Waals surface area (Å²) >= 11 is 1.04. The van der Waals surface area contributed by atoms with E-state index in [0.29, 0.717) is 18.7 Å². The fraction of sp³-hybridized carbons (Fsp3) is 0.333. The molecule has 0 saturated carbocycles. The summed E-state index contributed by atoms with van der Waals surface area (Å²) in [6.07, 6.45) is 1.53. The molecule has 2 aliphatic rings. The van der Waals surface area contributed by atoms with Gasteiger partial charge in [0, 0.05) is 37.4 Å². The molecule has 0 bridgehead atoms. The number of nitrogens with zero attached hydrogens (tertiary/aromatic N) is 1. The number of aliphatic hydroxyl groups excluding tert-OH is 1. The Labute approximate surface area is 254 Å². The van der Waals surface area contributed by atoms with Gasteiger partial charge in [-0.1, -0.05) is 42.1 Å². The number of amides is 2. The number of ether oxygens (including phenoxy) is 1. The Balaban J connectivity index is 1.04. The monoisotopic (exact) mass is 626 g/mol. The molecule has 0 aromatic heterocycles. The van der Waals surface area contributed by atoms with Crippen molar-refractivity contribution in [3.63, 3.8) is 0 Å². The lowest BCUT2D eigenvalue weighted by molar-refractivity contribution is -0.118. The van der Waals surface area contributed by atoms with Crippen molar-refractivity contribution >= 4 is 44.3 Å². The second-order valence-corrected chi connectivity index (χ2v) is 13.3. The van der Waals surface area contributed by atoms with Crippen LogP contribution in [-0.4, -0.2) is 73.4 Å². The van der Waals surface area contributed by atoms with Crippen LogP contribution in [0.15, 0.2) is 77.7 Å². The summed E-state index contributed by atoms with van der Waals surface area (Å²) in [5.74, 6) is -0.170. The Kier molecular flexibility index (Phi) is 9.76. The number of aliphatic hydroxyl groups is 1. The molecule has 0 aliphatic carbocycles. The maximum atomic E-state index is 12.6. The number of anilines is 2. The average molecular weight is 627 g/mol. The molecule has 11 nitrogen and oxygen atoms in total. The predicted molar refractivity (Wildman–Crippen MR) is 165 cm³/mol. The van der Waals surface area contributed by atoms with Gasteiger partial charge < -0.3 is 25.2 Å². The molecule has 0 spiro atoms. The van der Waals surface area contributed by atoms with E-state index < -0.39 is 16.1 Å². The SMILES string of the molecule is O=C1NC(=O)C(Cc2ccc(N3CCC(NC[C@H](O)COc4ccc(O)c(NS(=O)(=O)c5ccccc5)c4)CC3)cc2)S1. The molecule has 2 amide bonds. The molecule has 1 unspecified atom stereocenters. The Bertz CT molecular complexity index is 1530. The molecule has 43 heavy (non-hydrogen) atoms. The van der Waals surface area contributed by atoms with E-state index >= 15 is 0 Å². The van der Waals surface area contributed by atoms with Crippen molar-refractivity contribution in [2.75, 3.05) is 35.9 Å². The van der Waals surface area contributed by atoms with E-state index in [0.717, 1.165) is 48.9 Å². The summed E-state index contributed by atoms with van der Waals surface area (Å²) < 4.78 is 33.3. The quantitative estimate of drug-likeness (QED) is 0.189. The molecule has 3 aromatic rings. The maximum Gasteiger partial charge on any atom is 0.286 e. The van der Waals surface area contributed by atoms with E-state index in [4.69, 9.17) is 4.74 Å². The molecule has 2 aliphatic heterocycles. The number of sulfonamides is 1. The van der Waals surface area contributed by atoms with E-state index in [1.165, 1.54) is 30.3 Å². The van der Waals surface area contributed by atoms with Crippen molar-refractivity contribution in [1.29, 1.82) is 0 Å². The topological polar surface area (TPSA) is 157 Å². The van der Waals surface area contributed by atoms with Gasteiger partial charge in [0.25, 0.3) is 15.3 Å². The minimum atomic E-state index is -3.89. The summed E-state index contributed by atoms with van der Waals surface area (Å²) in [5, 5.41) is 25.7. The fourth-order valence-electron chi connectivity index (χ4n) is 4.97. The molecule has 2 saturated heterocycles. The van der Waals surface area contributed by atoms with Gasteiger partial charge in [0.15, 0.2) is 0 Å². The van der Waals surface area contributed by atoms with Crippen LogP contribution in [0.4, 0.5) is 16.2 Å². The lowest BCUT2D eigenvalue weighted by Gasteiger charge is -2.34. The molecule has 2 atom stereocenters. The fourth-order valence-corrected chi connectivity index (χ4v) is 6.92. The van der Waals surface area contributed by atoms with Gasteiger partial charge in [-0.05, 0) is 61.2 Å². The van der Waals surface area contributed by atoms with Crippen LogP contribution >= 0.6 is 11.8 Å². The van der Waals surface area contributed by atoms with Crippen molar-refractivity contribution in [2.45, 2.75) is 41.6 Å². The van der Waals surface area contributed by atoms with E-state index in [-0.39, 0.29) is 45.4 Å². The number of phenols is 1. The molecular weight excluding hydrogens is 592 g/mol. The number of rotatable bonds is 12. The van der Waals surface area contributed by atoms with Crippen LogP contribution in [0, 0.1) is 0 Å². The normalized spacial score (nSPS) is 18.3. The zero-order valence-corrected chi connectivity index (χ0v) is 24.9. The van der Waals surface area contributed by atoms with Gasteiger partial charge in [-0.25, -0.2) is 8.42 Å². The van der Waals surface area contributed by atoms with E-state index in [1.807, 2.05) is 24.3 Å². The third-order valence-electron chi connectivity index (χ3n) is 7.33. The van der Waals surface area contributed by atoms with Gasteiger partial charge in [0.1, 0.15) is 24.2 Å². The smallest absolute Gasteiger partial charge is 0.286 e. The van der Waals surface area contributed by atoms with Crippen LogP contribution in [0.5, 0.6) is 11.5 Å². The third kappa shape index (κ3) is 8.20. The highest BCUT2D eigenvalue weighted by molar-refractivity contribution is 8.15. The van der Waals surface area contributed by atoms with E-state index in [2.05, 4.69) is 20.3 Å². The summed E-state index contributed by atoms with van der Waals surface area (Å²) in [6, 6.07) is 20.4. The average Bonchev–Trinajstić information content (AvgIpc) is 3.33. The van der Waals surface area contributed by atoms with Crippen molar-refractivity contribution in [3.05, 3.63) is 78.4 Å². The zero-order chi connectivity index (χ0) is 30.4. The number of hydrogen-bond donors (Lipinski definition) is 5. The molecule has 5 rings (SSSR count). The molecule has 0 radical (unpaired) electrons. The Hall–Kier alpha value is -3.78. The molecule has 228 valence electrons. The van der Waals surface area contributed by atoms with Crippen molar-refractivity contribution in [1.82, 2.24) is 10.6 Å². The summed E-state index contributed by atoms with van der Waals surface area (Å²) in [5.41, 5.74) is 2.09. The zero-order valence-electron chi connectivity index (χ0n) is 23.3. The lowest BCUT2D eigenvalue weighted by Crippen LogP contribution is -2.45. The van der Waals surface area contributed by atoms with Gasteiger partial charge in [0.05, 0.1) is 15.8 Å². The summed E-state index contributed by atoms with van der Waals surface area (Å²) in [4.78, 5) is 25.6. The first-order chi connectivity index (χ1) is 20.7. The first-order valence-electron chi connectivity index (χ1n) is 14.0. The number of benzene rings is 3. The van der Waals surface area contributed by atoms with Crippen LogP contribution in [0.3, 0.4) is 0 Å². The molecule has 2 fully saturated rings. The van der Waals surface area contributed by atoms with Crippen LogP contribution in [0.1, 0.15) is 18.4 Å². The first-order valence-corrected chi connectivity index (χ1v) is 16.3. The van der Waals surface area contributed by atoms with Crippen LogP contribution < -0.4 is 25.0 Å². The van der Waals surface area contributed by atoms with Crippen molar-refractivity contribution < 1.29 is 33.0 Å². The van der Waals surface area contributed by atoms with Gasteiger partial charge >= 0.3 is 0 Å². The van der Waals surface area contributed by atoms with Crippen LogP contribution in [0.2, 0.25) is 0 Å². The summed E-state index contributed by atoms with van der Waals surface area (Å²) in [6.45, 7) is 2.03. The predicted octanol–water partition coefficient (Wildman–Crippen LogP) is 3.09. The second kappa shape index (κ2) is 13.7. The number of thioether (sulfide) groups is 1. The molecule has 2 heterocycles. The van der Waals surface area contributed by atoms with Crippen LogP contribution in [0.25, 0.3) is 0 Å². The van der Waals surface area contributed by atoms with Crippen molar-refractivity contribution in [2.24, 2.45) is 0 Å².